The number of ether oxygens (including phenoxy) is 2. The van der Waals surface area contributed by atoms with Crippen molar-refractivity contribution in [3.63, 3.8) is 0 Å². The summed E-state index contributed by atoms with van der Waals surface area (Å²) in [6.07, 6.45) is 6.33. The topological polar surface area (TPSA) is 88.6 Å². The minimum atomic E-state index is -1.84. The van der Waals surface area contributed by atoms with Gasteiger partial charge in [-0.1, -0.05) is 20.8 Å². The standard InChI is InChI=1S/C28H38N6O3Si/c1-28(2,3)38(7,8)37-13-9-12-34-26(31-21-14-22(35-5)16-23(15-21)36-6)11-10-24-27(34)32-25(18-29-24)20-17-30-33(4)19-20/h10-11,14-19H,9,12-13H2,1-8H3. The van der Waals surface area contributed by atoms with Gasteiger partial charge in [0.05, 0.1) is 38.0 Å². The van der Waals surface area contributed by atoms with Crippen LogP contribution in [-0.2, 0) is 18.0 Å². The van der Waals surface area contributed by atoms with E-state index in [0.29, 0.717) is 24.7 Å². The number of aryl methyl sites for hydroxylation is 2. The fourth-order valence-electron chi connectivity index (χ4n) is 3.82. The molecule has 0 N–H and O–H groups in total. The molecule has 4 aromatic rings. The third-order valence-electron chi connectivity index (χ3n) is 7.08. The van der Waals surface area contributed by atoms with Crippen molar-refractivity contribution < 1.29 is 13.9 Å². The van der Waals surface area contributed by atoms with E-state index in [9.17, 15) is 0 Å². The van der Waals surface area contributed by atoms with Crippen LogP contribution in [0.2, 0.25) is 18.1 Å². The van der Waals surface area contributed by atoms with Crippen LogP contribution in [0.3, 0.4) is 0 Å². The SMILES string of the molecule is COc1cc(N=c2ccc3ncc(-c4cnn(C)c4)nc3n2CCCO[Si](C)(C)C(C)(C)C)cc(OC)c1. The number of benzene rings is 1. The Morgan fingerprint density at radius 1 is 1.00 bits per heavy atom. The zero-order valence-corrected chi connectivity index (χ0v) is 24.6. The Labute approximate surface area is 225 Å². The molecular formula is C28H38N6O3Si. The summed E-state index contributed by atoms with van der Waals surface area (Å²) >= 11 is 0. The molecule has 9 nitrogen and oxygen atoms in total. The normalized spacial score (nSPS) is 12.8. The summed E-state index contributed by atoms with van der Waals surface area (Å²) in [6, 6.07) is 9.53. The van der Waals surface area contributed by atoms with Gasteiger partial charge in [-0.3, -0.25) is 9.67 Å². The van der Waals surface area contributed by atoms with Gasteiger partial charge in [0, 0.05) is 50.2 Å². The van der Waals surface area contributed by atoms with E-state index in [4.69, 9.17) is 28.9 Å². The summed E-state index contributed by atoms with van der Waals surface area (Å²) in [4.78, 5) is 14.7. The van der Waals surface area contributed by atoms with Crippen molar-refractivity contribution in [2.24, 2.45) is 12.0 Å². The molecule has 3 heterocycles. The number of hydrogen-bond acceptors (Lipinski definition) is 7. The van der Waals surface area contributed by atoms with E-state index in [1.54, 1.807) is 31.3 Å². The minimum Gasteiger partial charge on any atom is -0.497 e. The summed E-state index contributed by atoms with van der Waals surface area (Å²) in [5.74, 6) is 1.36. The number of hydrogen-bond donors (Lipinski definition) is 0. The fourth-order valence-corrected chi connectivity index (χ4v) is 4.91. The van der Waals surface area contributed by atoms with E-state index < -0.39 is 8.32 Å². The van der Waals surface area contributed by atoms with Gasteiger partial charge in [0.25, 0.3) is 0 Å². The van der Waals surface area contributed by atoms with Crippen LogP contribution in [0.1, 0.15) is 27.2 Å². The highest BCUT2D eigenvalue weighted by atomic mass is 28.4. The summed E-state index contributed by atoms with van der Waals surface area (Å²) in [6.45, 7) is 12.7. The molecular weight excluding hydrogens is 496 g/mol. The second-order valence-electron chi connectivity index (χ2n) is 10.9. The van der Waals surface area contributed by atoms with Crippen molar-refractivity contribution in [1.82, 2.24) is 24.3 Å². The van der Waals surface area contributed by atoms with Crippen LogP contribution in [0.5, 0.6) is 11.5 Å². The number of methoxy groups -OCH3 is 2. The molecule has 0 unspecified atom stereocenters. The van der Waals surface area contributed by atoms with Gasteiger partial charge in [-0.2, -0.15) is 5.10 Å². The molecule has 0 radical (unpaired) electrons. The first-order valence-electron chi connectivity index (χ1n) is 12.8. The van der Waals surface area contributed by atoms with Gasteiger partial charge < -0.3 is 18.5 Å². The fraction of sp³-hybridized carbons (Fsp3) is 0.429. The summed E-state index contributed by atoms with van der Waals surface area (Å²) in [5, 5.41) is 4.45. The van der Waals surface area contributed by atoms with Crippen molar-refractivity contribution in [2.75, 3.05) is 20.8 Å². The Morgan fingerprint density at radius 2 is 1.71 bits per heavy atom. The zero-order chi connectivity index (χ0) is 27.5. The molecule has 38 heavy (non-hydrogen) atoms. The van der Waals surface area contributed by atoms with Gasteiger partial charge in [-0.15, -0.1) is 0 Å². The highest BCUT2D eigenvalue weighted by Gasteiger charge is 2.36. The van der Waals surface area contributed by atoms with Crippen molar-refractivity contribution in [3.8, 4) is 22.8 Å². The maximum atomic E-state index is 6.46. The van der Waals surface area contributed by atoms with Crippen LogP contribution in [0.15, 0.2) is 53.9 Å². The van der Waals surface area contributed by atoms with Crippen molar-refractivity contribution in [2.45, 2.75) is 51.9 Å². The van der Waals surface area contributed by atoms with Gasteiger partial charge in [0.15, 0.2) is 14.0 Å². The lowest BCUT2D eigenvalue weighted by Crippen LogP contribution is -2.41. The quantitative estimate of drug-likeness (QED) is 0.208. The molecule has 1 aromatic carbocycles. The number of pyridine rings is 1. The number of aromatic nitrogens is 5. The molecule has 0 amide bonds. The van der Waals surface area contributed by atoms with Gasteiger partial charge in [-0.05, 0) is 36.7 Å². The number of nitrogens with zero attached hydrogens (tertiary/aromatic N) is 6. The lowest BCUT2D eigenvalue weighted by atomic mass is 10.2. The molecule has 10 heteroatoms. The van der Waals surface area contributed by atoms with E-state index in [-0.39, 0.29) is 5.04 Å². The van der Waals surface area contributed by atoms with Crippen LogP contribution in [0.4, 0.5) is 5.69 Å². The van der Waals surface area contributed by atoms with Gasteiger partial charge in [0.1, 0.15) is 22.5 Å². The van der Waals surface area contributed by atoms with Gasteiger partial charge in [0.2, 0.25) is 0 Å². The third kappa shape index (κ3) is 6.13. The number of rotatable bonds is 9. The molecule has 0 aliphatic rings. The molecule has 0 bridgehead atoms. The molecule has 0 aliphatic heterocycles. The van der Waals surface area contributed by atoms with Crippen molar-refractivity contribution in [1.29, 1.82) is 0 Å². The van der Waals surface area contributed by atoms with Crippen LogP contribution in [0, 0.1) is 0 Å². The molecule has 0 aliphatic carbocycles. The molecule has 0 saturated heterocycles. The average Bonchev–Trinajstić information content (AvgIpc) is 3.32. The smallest absolute Gasteiger partial charge is 0.191 e. The molecule has 0 spiro atoms. The third-order valence-corrected chi connectivity index (χ3v) is 11.6. The minimum absolute atomic E-state index is 0.162. The maximum absolute atomic E-state index is 6.46. The van der Waals surface area contributed by atoms with Crippen LogP contribution < -0.4 is 15.0 Å². The summed E-state index contributed by atoms with van der Waals surface area (Å²) < 4.78 is 21.2. The highest BCUT2D eigenvalue weighted by molar-refractivity contribution is 6.74. The first-order valence-corrected chi connectivity index (χ1v) is 15.7. The van der Waals surface area contributed by atoms with Crippen molar-refractivity contribution in [3.05, 3.63) is 54.4 Å². The second kappa shape index (κ2) is 11.1. The first-order chi connectivity index (χ1) is 18.0. The van der Waals surface area contributed by atoms with E-state index in [1.165, 1.54) is 0 Å². The first kappa shape index (κ1) is 27.5. The predicted octanol–water partition coefficient (Wildman–Crippen LogP) is 5.49. The van der Waals surface area contributed by atoms with E-state index in [1.807, 2.05) is 43.6 Å². The Hall–Kier alpha value is -3.50. The monoisotopic (exact) mass is 534 g/mol. The second-order valence-corrected chi connectivity index (χ2v) is 15.7. The predicted molar refractivity (Wildman–Crippen MR) is 152 cm³/mol. The number of fused-ring (bicyclic) bond motifs is 1. The maximum Gasteiger partial charge on any atom is 0.191 e. The zero-order valence-electron chi connectivity index (χ0n) is 23.6. The summed E-state index contributed by atoms with van der Waals surface area (Å²) in [5.41, 5.74) is 4.72. The Morgan fingerprint density at radius 3 is 2.32 bits per heavy atom. The van der Waals surface area contributed by atoms with Crippen LogP contribution in [0.25, 0.3) is 22.4 Å². The lowest BCUT2D eigenvalue weighted by molar-refractivity contribution is 0.275. The van der Waals surface area contributed by atoms with Crippen molar-refractivity contribution >= 4 is 25.2 Å². The van der Waals surface area contributed by atoms with E-state index in [2.05, 4.69) is 43.5 Å². The molecule has 202 valence electrons. The summed E-state index contributed by atoms with van der Waals surface area (Å²) in [7, 11) is 3.31. The van der Waals surface area contributed by atoms with Crippen LogP contribution in [-0.4, -0.2) is 53.5 Å². The van der Waals surface area contributed by atoms with Crippen LogP contribution >= 0.6 is 0 Å². The molecule has 4 rings (SSSR count). The Balaban J connectivity index is 1.78. The average molecular weight is 535 g/mol. The largest absolute Gasteiger partial charge is 0.497 e. The van der Waals surface area contributed by atoms with E-state index in [0.717, 1.165) is 40.0 Å². The van der Waals surface area contributed by atoms with Gasteiger partial charge in [-0.25, -0.2) is 9.98 Å². The highest BCUT2D eigenvalue weighted by Crippen LogP contribution is 2.36. The lowest BCUT2D eigenvalue weighted by Gasteiger charge is -2.36. The Bertz CT molecular complexity index is 1460. The molecule has 3 aromatic heterocycles. The van der Waals surface area contributed by atoms with E-state index >= 15 is 0 Å². The molecule has 0 fully saturated rings. The van der Waals surface area contributed by atoms with Gasteiger partial charge >= 0.3 is 0 Å². The molecule has 0 saturated carbocycles. The molecule has 0 atom stereocenters. The Kier molecular flexibility index (Phi) is 8.03.